The molecule has 2 aromatic rings. The summed E-state index contributed by atoms with van der Waals surface area (Å²) in [4.78, 5) is 59.1. The third kappa shape index (κ3) is 7.68. The number of nitrogens with zero attached hydrogens (tertiary/aromatic N) is 3. The molecule has 2 amide bonds. The molecule has 1 saturated heterocycles. The Kier molecular flexibility index (Phi) is 9.19. The minimum atomic E-state index is -0.611. The van der Waals surface area contributed by atoms with Crippen LogP contribution >= 0.6 is 11.8 Å². The van der Waals surface area contributed by atoms with Crippen LogP contribution in [0.3, 0.4) is 0 Å². The molecule has 4 atom stereocenters. The lowest BCUT2D eigenvalue weighted by atomic mass is 10.1. The summed E-state index contributed by atoms with van der Waals surface area (Å²) in [6.45, 7) is 2.14. The third-order valence-corrected chi connectivity index (χ3v) is 7.89. The van der Waals surface area contributed by atoms with Crippen LogP contribution in [0.2, 0.25) is 0 Å². The minimum Gasteiger partial charge on any atom is -0.445 e. The summed E-state index contributed by atoms with van der Waals surface area (Å²) in [5.41, 5.74) is 1.13. The molecule has 1 saturated carbocycles. The Morgan fingerprint density at radius 1 is 0.925 bits per heavy atom. The van der Waals surface area contributed by atoms with Crippen LogP contribution in [-0.2, 0) is 27.5 Å². The fourth-order valence-electron chi connectivity index (χ4n) is 4.81. The zero-order valence-corrected chi connectivity index (χ0v) is 22.4. The van der Waals surface area contributed by atoms with Crippen LogP contribution in [0.25, 0.3) is 0 Å². The highest BCUT2D eigenvalue weighted by molar-refractivity contribution is 8.14. The summed E-state index contributed by atoms with van der Waals surface area (Å²) in [5, 5.41) is 24.2. The Morgan fingerprint density at radius 2 is 1.48 bits per heavy atom. The first-order chi connectivity index (χ1) is 19.1. The summed E-state index contributed by atoms with van der Waals surface area (Å²) in [6, 6.07) is 11.3. The van der Waals surface area contributed by atoms with E-state index in [2.05, 4.69) is 5.32 Å². The smallest absolute Gasteiger partial charge is 0.410 e. The molecule has 4 unspecified atom stereocenters. The molecule has 0 bridgehead atoms. The molecular formula is C26H28N4O9S. The quantitative estimate of drug-likeness (QED) is 0.317. The van der Waals surface area contributed by atoms with E-state index in [0.29, 0.717) is 30.6 Å². The molecule has 2 aromatic carbocycles. The molecule has 0 radical (unpaired) electrons. The topological polar surface area (TPSA) is 171 Å². The maximum Gasteiger partial charge on any atom is 0.410 e. The van der Waals surface area contributed by atoms with Crippen LogP contribution in [0.4, 0.5) is 21.0 Å². The van der Waals surface area contributed by atoms with Crippen LogP contribution in [0.15, 0.2) is 48.5 Å². The predicted octanol–water partition coefficient (Wildman–Crippen LogP) is 4.42. The van der Waals surface area contributed by atoms with Gasteiger partial charge in [0.25, 0.3) is 11.4 Å². The molecule has 4 rings (SSSR count). The van der Waals surface area contributed by atoms with Gasteiger partial charge in [-0.05, 0) is 60.1 Å². The van der Waals surface area contributed by atoms with Crippen LogP contribution < -0.4 is 5.32 Å². The second kappa shape index (κ2) is 12.8. The number of likely N-dealkylation sites (tertiary alicyclic amines) is 1. The lowest BCUT2D eigenvalue weighted by Crippen LogP contribution is -2.38. The van der Waals surface area contributed by atoms with Crippen molar-refractivity contribution in [2.75, 3.05) is 13.1 Å². The van der Waals surface area contributed by atoms with E-state index in [1.807, 2.05) is 0 Å². The van der Waals surface area contributed by atoms with Crippen molar-refractivity contribution in [1.29, 1.82) is 0 Å². The lowest BCUT2D eigenvalue weighted by molar-refractivity contribution is -0.385. The van der Waals surface area contributed by atoms with Crippen molar-refractivity contribution in [2.24, 2.45) is 11.8 Å². The Balaban J connectivity index is 1.26. The maximum atomic E-state index is 13.0. The van der Waals surface area contributed by atoms with E-state index in [1.165, 1.54) is 67.2 Å². The van der Waals surface area contributed by atoms with Gasteiger partial charge in [0.05, 0.1) is 9.85 Å². The molecule has 13 nitrogen and oxygen atoms in total. The number of hydrogen-bond donors (Lipinski definition) is 1. The van der Waals surface area contributed by atoms with E-state index in [0.717, 1.165) is 6.42 Å². The average molecular weight is 573 g/mol. The number of nitro groups is 2. The molecule has 2 fully saturated rings. The van der Waals surface area contributed by atoms with Gasteiger partial charge in [-0.1, -0.05) is 11.8 Å². The number of rotatable bonds is 10. The highest BCUT2D eigenvalue weighted by Gasteiger charge is 2.50. The summed E-state index contributed by atoms with van der Waals surface area (Å²) in [5.74, 6) is 0.252. The van der Waals surface area contributed by atoms with Crippen molar-refractivity contribution in [1.82, 2.24) is 10.2 Å². The Morgan fingerprint density at radius 3 is 2.00 bits per heavy atom. The van der Waals surface area contributed by atoms with E-state index in [4.69, 9.17) is 9.47 Å². The Labute approximate surface area is 233 Å². The average Bonchev–Trinajstić information content (AvgIpc) is 3.59. The third-order valence-electron chi connectivity index (χ3n) is 6.88. The SMILES string of the molecule is CC(=O)SC1CC(C2CC2CNC(=O)OCc2ccc([N+](=O)[O-])cc2)N(C(=O)OCc2ccc([N+](=O)[O-])cc2)C1. The largest absolute Gasteiger partial charge is 0.445 e. The Hall–Kier alpha value is -4.20. The molecule has 0 aromatic heterocycles. The van der Waals surface area contributed by atoms with Gasteiger partial charge in [-0.25, -0.2) is 9.59 Å². The number of amides is 2. The normalized spacial score (nSPS) is 21.4. The van der Waals surface area contributed by atoms with E-state index in [1.54, 1.807) is 4.90 Å². The van der Waals surface area contributed by atoms with Crippen molar-refractivity contribution in [3.05, 3.63) is 79.9 Å². The number of nitrogens with one attached hydrogen (secondary N) is 1. The standard InChI is InChI=1S/C26H28N4O9S/c1-16(31)40-22-11-24(28(13-22)26(33)39-15-18-4-8-21(9-5-18)30(36)37)23-10-19(23)12-27-25(32)38-14-17-2-6-20(7-3-17)29(34)35/h2-9,19,22-24H,10-15H2,1H3,(H,27,32). The first-order valence-corrected chi connectivity index (χ1v) is 13.5. The number of thioether (sulfide) groups is 1. The summed E-state index contributed by atoms with van der Waals surface area (Å²) < 4.78 is 10.7. The van der Waals surface area contributed by atoms with Crippen molar-refractivity contribution in [3.63, 3.8) is 0 Å². The van der Waals surface area contributed by atoms with Gasteiger partial charge in [-0.3, -0.25) is 25.0 Å². The summed E-state index contributed by atoms with van der Waals surface area (Å²) in [7, 11) is 0. The molecule has 2 aliphatic rings. The molecular weight excluding hydrogens is 544 g/mol. The zero-order valence-electron chi connectivity index (χ0n) is 21.6. The minimum absolute atomic E-state index is 0.0289. The summed E-state index contributed by atoms with van der Waals surface area (Å²) in [6.07, 6.45) is 0.287. The van der Waals surface area contributed by atoms with Crippen LogP contribution in [0, 0.1) is 32.1 Å². The van der Waals surface area contributed by atoms with Crippen molar-refractivity contribution in [3.8, 4) is 0 Å². The van der Waals surface area contributed by atoms with Gasteiger partial charge in [0.2, 0.25) is 0 Å². The van der Waals surface area contributed by atoms with Gasteiger partial charge >= 0.3 is 12.2 Å². The second-order valence-electron chi connectivity index (χ2n) is 9.71. The number of non-ortho nitro benzene ring substituents is 2. The van der Waals surface area contributed by atoms with Gasteiger partial charge in [-0.2, -0.15) is 0 Å². The maximum absolute atomic E-state index is 13.0. The fraction of sp³-hybridized carbons (Fsp3) is 0.423. The van der Waals surface area contributed by atoms with Crippen molar-refractivity contribution >= 4 is 40.4 Å². The van der Waals surface area contributed by atoms with E-state index >= 15 is 0 Å². The summed E-state index contributed by atoms with van der Waals surface area (Å²) >= 11 is 1.20. The van der Waals surface area contributed by atoms with E-state index < -0.39 is 22.0 Å². The highest BCUT2D eigenvalue weighted by Crippen LogP contribution is 2.47. The van der Waals surface area contributed by atoms with Crippen LogP contribution in [0.1, 0.15) is 30.9 Å². The lowest BCUT2D eigenvalue weighted by Gasteiger charge is -2.24. The number of hydrogen-bond acceptors (Lipinski definition) is 10. The van der Waals surface area contributed by atoms with Gasteiger partial charge in [0, 0.05) is 55.6 Å². The monoisotopic (exact) mass is 572 g/mol. The first kappa shape index (κ1) is 28.8. The number of nitro benzene ring substituents is 2. The number of carbonyl (C=O) groups excluding carboxylic acids is 3. The molecule has 1 aliphatic heterocycles. The molecule has 212 valence electrons. The van der Waals surface area contributed by atoms with Crippen molar-refractivity contribution in [2.45, 2.75) is 44.3 Å². The second-order valence-corrected chi connectivity index (χ2v) is 11.2. The van der Waals surface area contributed by atoms with Crippen LogP contribution in [-0.4, -0.2) is 56.4 Å². The molecule has 14 heteroatoms. The van der Waals surface area contributed by atoms with Gasteiger partial charge in [0.1, 0.15) is 13.2 Å². The van der Waals surface area contributed by atoms with Gasteiger partial charge in [-0.15, -0.1) is 0 Å². The number of benzene rings is 2. The number of carbonyl (C=O) groups is 3. The molecule has 1 N–H and O–H groups in total. The van der Waals surface area contributed by atoms with Crippen LogP contribution in [0.5, 0.6) is 0 Å². The van der Waals surface area contributed by atoms with E-state index in [-0.39, 0.29) is 52.8 Å². The van der Waals surface area contributed by atoms with E-state index in [9.17, 15) is 34.6 Å². The molecule has 40 heavy (non-hydrogen) atoms. The van der Waals surface area contributed by atoms with Crippen molar-refractivity contribution < 1.29 is 33.7 Å². The predicted molar refractivity (Wildman–Crippen MR) is 143 cm³/mol. The first-order valence-electron chi connectivity index (χ1n) is 12.6. The molecule has 0 spiro atoms. The fourth-order valence-corrected chi connectivity index (χ4v) is 5.81. The van der Waals surface area contributed by atoms with Gasteiger partial charge in [0.15, 0.2) is 5.12 Å². The molecule has 1 heterocycles. The molecule has 1 aliphatic carbocycles. The zero-order chi connectivity index (χ0) is 28.8. The number of ether oxygens (including phenoxy) is 2. The number of alkyl carbamates (subject to hydrolysis) is 1. The van der Waals surface area contributed by atoms with Gasteiger partial charge < -0.3 is 19.7 Å². The highest BCUT2D eigenvalue weighted by atomic mass is 32.2. The Bertz CT molecular complexity index is 1270.